The van der Waals surface area contributed by atoms with E-state index < -0.39 is 0 Å². The van der Waals surface area contributed by atoms with Gasteiger partial charge in [-0.25, -0.2) is 0 Å². The van der Waals surface area contributed by atoms with Crippen LogP contribution in [-0.2, 0) is 12.8 Å². The summed E-state index contributed by atoms with van der Waals surface area (Å²) in [4.78, 5) is 15.1. The summed E-state index contributed by atoms with van der Waals surface area (Å²) in [5.74, 6) is 1.33. The first-order valence-electron chi connectivity index (χ1n) is 8.51. The summed E-state index contributed by atoms with van der Waals surface area (Å²) < 4.78 is 5.50. The quantitative estimate of drug-likeness (QED) is 0.704. The molecule has 1 N–H and O–H groups in total. The molecule has 23 heavy (non-hydrogen) atoms. The van der Waals surface area contributed by atoms with Crippen LogP contribution in [0.3, 0.4) is 0 Å². The maximum Gasteiger partial charge on any atom is 0.254 e. The minimum atomic E-state index is -0.0533. The van der Waals surface area contributed by atoms with Gasteiger partial charge in [-0.05, 0) is 32.6 Å². The van der Waals surface area contributed by atoms with Crippen LogP contribution in [0.15, 0.2) is 28.6 Å². The summed E-state index contributed by atoms with van der Waals surface area (Å²) in [5, 5.41) is 0. The minimum Gasteiger partial charge on any atom is -0.496 e. The molecule has 0 saturated heterocycles. The number of aromatic nitrogens is 1. The molecular weight excluding hydrogens is 286 g/mol. The highest BCUT2D eigenvalue weighted by Crippen LogP contribution is 2.25. The van der Waals surface area contributed by atoms with Gasteiger partial charge in [0, 0.05) is 17.7 Å². The Morgan fingerprint density at radius 1 is 1.35 bits per heavy atom. The van der Waals surface area contributed by atoms with Crippen LogP contribution in [0, 0.1) is 12.8 Å². The lowest BCUT2D eigenvalue weighted by molar-refractivity contribution is 0.403. The van der Waals surface area contributed by atoms with E-state index in [9.17, 15) is 4.79 Å². The van der Waals surface area contributed by atoms with E-state index in [1.165, 1.54) is 5.57 Å². The summed E-state index contributed by atoms with van der Waals surface area (Å²) in [6, 6.07) is 0. The second kappa shape index (κ2) is 9.39. The van der Waals surface area contributed by atoms with Crippen LogP contribution in [0.2, 0.25) is 0 Å². The van der Waals surface area contributed by atoms with Gasteiger partial charge in [0.15, 0.2) is 0 Å². The van der Waals surface area contributed by atoms with Crippen molar-refractivity contribution in [1.82, 2.24) is 4.98 Å². The van der Waals surface area contributed by atoms with E-state index in [0.29, 0.717) is 11.5 Å². The van der Waals surface area contributed by atoms with Crippen LogP contribution >= 0.6 is 0 Å². The fourth-order valence-corrected chi connectivity index (χ4v) is 2.62. The van der Waals surface area contributed by atoms with Gasteiger partial charge in [-0.1, -0.05) is 51.0 Å². The third kappa shape index (κ3) is 5.74. The lowest BCUT2D eigenvalue weighted by Gasteiger charge is -2.14. The Balaban J connectivity index is 3.03. The molecule has 0 bridgehead atoms. The predicted octanol–water partition coefficient (Wildman–Crippen LogP) is 4.74. The van der Waals surface area contributed by atoms with Crippen molar-refractivity contribution in [3.63, 3.8) is 0 Å². The van der Waals surface area contributed by atoms with Gasteiger partial charge in [-0.2, -0.15) is 0 Å². The van der Waals surface area contributed by atoms with Crippen molar-refractivity contribution in [2.75, 3.05) is 7.11 Å². The molecule has 1 rings (SSSR count). The van der Waals surface area contributed by atoms with Gasteiger partial charge in [-0.15, -0.1) is 0 Å². The molecule has 128 valence electrons. The molecule has 0 amide bonds. The van der Waals surface area contributed by atoms with Gasteiger partial charge in [0.25, 0.3) is 5.56 Å². The number of pyridine rings is 1. The summed E-state index contributed by atoms with van der Waals surface area (Å²) in [6.45, 7) is 10.4. The van der Waals surface area contributed by atoms with E-state index in [0.717, 1.165) is 42.7 Å². The highest BCUT2D eigenvalue weighted by Gasteiger charge is 2.14. The normalized spacial score (nSPS) is 12.4. The van der Waals surface area contributed by atoms with Crippen molar-refractivity contribution in [1.29, 1.82) is 0 Å². The van der Waals surface area contributed by atoms with E-state index >= 15 is 0 Å². The number of allylic oxidation sites excluding steroid dienone is 4. The molecule has 0 spiro atoms. The molecule has 0 unspecified atom stereocenters. The van der Waals surface area contributed by atoms with Gasteiger partial charge in [0.05, 0.1) is 12.7 Å². The summed E-state index contributed by atoms with van der Waals surface area (Å²) >= 11 is 0. The van der Waals surface area contributed by atoms with Crippen molar-refractivity contribution in [2.45, 2.75) is 60.3 Å². The maximum atomic E-state index is 12.1. The number of aromatic amines is 1. The molecule has 0 radical (unpaired) electrons. The molecule has 0 saturated carbocycles. The molecule has 0 aliphatic rings. The zero-order valence-corrected chi connectivity index (χ0v) is 15.5. The molecule has 1 heterocycles. The Hall–Kier alpha value is -1.77. The van der Waals surface area contributed by atoms with Crippen LogP contribution in [0.25, 0.3) is 0 Å². The first-order chi connectivity index (χ1) is 10.9. The number of ether oxygens (including phenoxy) is 1. The fourth-order valence-electron chi connectivity index (χ4n) is 2.62. The number of hydrogen-bond donors (Lipinski definition) is 1. The predicted molar refractivity (Wildman–Crippen MR) is 98.4 cm³/mol. The van der Waals surface area contributed by atoms with Crippen LogP contribution < -0.4 is 10.3 Å². The van der Waals surface area contributed by atoms with E-state index in [1.807, 2.05) is 6.92 Å². The smallest absolute Gasteiger partial charge is 0.254 e. The highest BCUT2D eigenvalue weighted by atomic mass is 16.5. The molecule has 3 heteroatoms. The van der Waals surface area contributed by atoms with Gasteiger partial charge < -0.3 is 9.72 Å². The zero-order valence-electron chi connectivity index (χ0n) is 15.5. The molecular formula is C20H31NO2. The molecule has 1 aromatic heterocycles. The zero-order chi connectivity index (χ0) is 17.4. The van der Waals surface area contributed by atoms with Gasteiger partial charge >= 0.3 is 0 Å². The number of rotatable bonds is 8. The van der Waals surface area contributed by atoms with Crippen LogP contribution in [-0.4, -0.2) is 12.1 Å². The largest absolute Gasteiger partial charge is 0.496 e. The van der Waals surface area contributed by atoms with E-state index in [1.54, 1.807) is 7.11 Å². The Kier molecular flexibility index (Phi) is 7.87. The molecule has 0 aliphatic heterocycles. The lowest BCUT2D eigenvalue weighted by Crippen LogP contribution is -2.17. The number of methoxy groups -OCH3 is 1. The molecule has 0 fully saturated rings. The van der Waals surface area contributed by atoms with Crippen molar-refractivity contribution >= 4 is 0 Å². The Morgan fingerprint density at radius 3 is 2.61 bits per heavy atom. The molecule has 0 atom stereocenters. The maximum absolute atomic E-state index is 12.1. The molecule has 1 aromatic rings. The third-order valence-corrected chi connectivity index (χ3v) is 3.90. The highest BCUT2D eigenvalue weighted by molar-refractivity contribution is 5.43. The molecule has 0 aliphatic carbocycles. The van der Waals surface area contributed by atoms with Crippen molar-refractivity contribution in [3.8, 4) is 5.75 Å². The van der Waals surface area contributed by atoms with Gasteiger partial charge in [0.1, 0.15) is 5.75 Å². The number of nitrogens with one attached hydrogen (secondary N) is 1. The molecule has 3 nitrogen and oxygen atoms in total. The average molecular weight is 317 g/mol. The number of H-pyrrole nitrogens is 1. The monoisotopic (exact) mass is 317 g/mol. The first kappa shape index (κ1) is 19.3. The molecule has 0 aromatic carbocycles. The standard InChI is InChI=1S/C20H31NO2/c1-7-9-17-18(21-20(22)16(5)19(17)23-6)13-12-15(4)11-8-10-14(2)3/h8,10,12,14H,7,9,11,13H2,1-6H3,(H,21,22)/b10-8+,15-12+. The number of hydrogen-bond acceptors (Lipinski definition) is 2. The lowest BCUT2D eigenvalue weighted by atomic mass is 10.0. The summed E-state index contributed by atoms with van der Waals surface area (Å²) in [5.41, 5.74) is 4.04. The van der Waals surface area contributed by atoms with Gasteiger partial charge in [-0.3, -0.25) is 4.79 Å². The average Bonchev–Trinajstić information content (AvgIpc) is 2.49. The van der Waals surface area contributed by atoms with E-state index in [2.05, 4.69) is 50.9 Å². The second-order valence-electron chi connectivity index (χ2n) is 6.45. The summed E-state index contributed by atoms with van der Waals surface area (Å²) in [7, 11) is 1.64. The Labute approximate surface area is 140 Å². The van der Waals surface area contributed by atoms with Crippen LogP contribution in [0.1, 0.15) is 57.4 Å². The van der Waals surface area contributed by atoms with E-state index in [4.69, 9.17) is 4.74 Å². The van der Waals surface area contributed by atoms with Crippen LogP contribution in [0.4, 0.5) is 0 Å². The Bertz CT molecular complexity index is 621. The van der Waals surface area contributed by atoms with Crippen molar-refractivity contribution in [3.05, 3.63) is 51.0 Å². The summed E-state index contributed by atoms with van der Waals surface area (Å²) in [6.07, 6.45) is 10.3. The van der Waals surface area contributed by atoms with Crippen LogP contribution in [0.5, 0.6) is 5.75 Å². The Morgan fingerprint density at radius 2 is 2.04 bits per heavy atom. The topological polar surface area (TPSA) is 42.1 Å². The fraction of sp³-hybridized carbons (Fsp3) is 0.550. The second-order valence-corrected chi connectivity index (χ2v) is 6.45. The van der Waals surface area contributed by atoms with E-state index in [-0.39, 0.29) is 5.56 Å². The SMILES string of the molecule is CCCc1c(C/C=C(\C)C/C=C/C(C)C)[nH]c(=O)c(C)c1OC. The van der Waals surface area contributed by atoms with Crippen molar-refractivity contribution in [2.24, 2.45) is 5.92 Å². The van der Waals surface area contributed by atoms with Crippen molar-refractivity contribution < 1.29 is 4.74 Å². The first-order valence-corrected chi connectivity index (χ1v) is 8.51. The third-order valence-electron chi connectivity index (χ3n) is 3.90. The minimum absolute atomic E-state index is 0.0533. The van der Waals surface area contributed by atoms with Gasteiger partial charge in [0.2, 0.25) is 0 Å².